The van der Waals surface area contributed by atoms with E-state index in [4.69, 9.17) is 0 Å². The Balaban J connectivity index is 2.07. The molecule has 39 heavy (non-hydrogen) atoms. The molecule has 7 nitrogen and oxygen atoms in total. The first-order valence-electron chi connectivity index (χ1n) is 12.7. The minimum atomic E-state index is -3.91. The van der Waals surface area contributed by atoms with Crippen LogP contribution in [0.4, 0.5) is 10.1 Å². The molecule has 1 N–H and O–H groups in total. The molecule has 0 aliphatic rings. The topological polar surface area (TPSA) is 86.8 Å². The molecule has 0 fully saturated rings. The van der Waals surface area contributed by atoms with Crippen molar-refractivity contribution in [1.29, 1.82) is 0 Å². The number of carbonyl (C=O) groups excluding carboxylic acids is 2. The second kappa shape index (κ2) is 12.4. The molecule has 0 bridgehead atoms. The van der Waals surface area contributed by atoms with Crippen molar-refractivity contribution < 1.29 is 22.4 Å². The van der Waals surface area contributed by atoms with E-state index < -0.39 is 39.9 Å². The molecule has 208 valence electrons. The zero-order valence-corrected chi connectivity index (χ0v) is 23.8. The Morgan fingerprint density at radius 2 is 1.54 bits per heavy atom. The number of carbonyl (C=O) groups is 2. The Hall–Kier alpha value is -3.72. The van der Waals surface area contributed by atoms with E-state index in [2.05, 4.69) is 5.32 Å². The molecule has 3 aromatic rings. The summed E-state index contributed by atoms with van der Waals surface area (Å²) in [7, 11) is -3.91. The van der Waals surface area contributed by atoms with Crippen LogP contribution < -0.4 is 9.62 Å². The number of hydrogen-bond donors (Lipinski definition) is 1. The summed E-state index contributed by atoms with van der Waals surface area (Å²) in [5.74, 6) is -1.43. The van der Waals surface area contributed by atoms with Gasteiger partial charge in [0, 0.05) is 18.5 Å². The summed E-state index contributed by atoms with van der Waals surface area (Å²) in [6, 6.07) is 20.9. The lowest BCUT2D eigenvalue weighted by Gasteiger charge is -2.35. The zero-order chi connectivity index (χ0) is 28.8. The van der Waals surface area contributed by atoms with Gasteiger partial charge in [0.1, 0.15) is 18.4 Å². The van der Waals surface area contributed by atoms with Crippen LogP contribution >= 0.6 is 0 Å². The predicted octanol–water partition coefficient (Wildman–Crippen LogP) is 4.45. The van der Waals surface area contributed by atoms with E-state index in [0.717, 1.165) is 39.4 Å². The van der Waals surface area contributed by atoms with Crippen LogP contribution in [0.1, 0.15) is 37.5 Å². The van der Waals surface area contributed by atoms with Gasteiger partial charge in [-0.1, -0.05) is 60.2 Å². The summed E-state index contributed by atoms with van der Waals surface area (Å²) < 4.78 is 40.0. The summed E-state index contributed by atoms with van der Waals surface area (Å²) >= 11 is 0. The maximum atomic E-state index is 14.0. The Labute approximate surface area is 230 Å². The van der Waals surface area contributed by atoms with Gasteiger partial charge in [-0.3, -0.25) is 13.9 Å². The standard InChI is InChI=1S/C30H36FN3O4S/c1-22-10-9-13-24(18-22)20-33(27(29(36)32-30(2,3)4)19-23-11-7-6-8-12-23)28(35)21-34(39(5,37)38)26-16-14-25(31)15-17-26/h6-18,27H,19-21H2,1-5H3,(H,32,36). The summed E-state index contributed by atoms with van der Waals surface area (Å²) in [5.41, 5.74) is 2.24. The molecular formula is C30H36FN3O4S. The first-order chi connectivity index (χ1) is 18.2. The summed E-state index contributed by atoms with van der Waals surface area (Å²) in [6.45, 7) is 7.05. The monoisotopic (exact) mass is 553 g/mol. The molecule has 1 atom stereocenters. The van der Waals surface area contributed by atoms with Gasteiger partial charge in [-0.15, -0.1) is 0 Å². The van der Waals surface area contributed by atoms with Gasteiger partial charge in [0.05, 0.1) is 11.9 Å². The highest BCUT2D eigenvalue weighted by Crippen LogP contribution is 2.21. The van der Waals surface area contributed by atoms with Crippen molar-refractivity contribution in [3.8, 4) is 0 Å². The van der Waals surface area contributed by atoms with Crippen molar-refractivity contribution >= 4 is 27.5 Å². The Morgan fingerprint density at radius 3 is 2.10 bits per heavy atom. The molecule has 0 radical (unpaired) electrons. The van der Waals surface area contributed by atoms with Gasteiger partial charge in [0.2, 0.25) is 21.8 Å². The van der Waals surface area contributed by atoms with E-state index in [9.17, 15) is 22.4 Å². The van der Waals surface area contributed by atoms with Crippen LogP contribution in [0.25, 0.3) is 0 Å². The lowest BCUT2D eigenvalue weighted by atomic mass is 10.0. The van der Waals surface area contributed by atoms with Crippen molar-refractivity contribution in [3.63, 3.8) is 0 Å². The Morgan fingerprint density at radius 1 is 0.923 bits per heavy atom. The minimum absolute atomic E-state index is 0.0938. The fourth-order valence-corrected chi connectivity index (χ4v) is 5.08. The van der Waals surface area contributed by atoms with Crippen LogP contribution in [0, 0.1) is 12.7 Å². The molecule has 2 amide bonds. The van der Waals surface area contributed by atoms with Crippen molar-refractivity contribution in [2.45, 2.75) is 52.2 Å². The highest BCUT2D eigenvalue weighted by Gasteiger charge is 2.34. The van der Waals surface area contributed by atoms with Crippen LogP contribution in [-0.2, 0) is 32.6 Å². The fourth-order valence-electron chi connectivity index (χ4n) is 4.24. The predicted molar refractivity (Wildman–Crippen MR) is 152 cm³/mol. The third-order valence-corrected chi connectivity index (χ3v) is 7.14. The van der Waals surface area contributed by atoms with Gasteiger partial charge in [-0.25, -0.2) is 12.8 Å². The van der Waals surface area contributed by atoms with Crippen LogP contribution in [0.3, 0.4) is 0 Å². The first-order valence-corrected chi connectivity index (χ1v) is 14.5. The van der Waals surface area contributed by atoms with E-state index in [1.165, 1.54) is 17.0 Å². The van der Waals surface area contributed by atoms with E-state index in [-0.39, 0.29) is 24.6 Å². The molecule has 0 aromatic heterocycles. The smallest absolute Gasteiger partial charge is 0.244 e. The molecule has 0 saturated carbocycles. The second-order valence-electron chi connectivity index (χ2n) is 10.7. The number of hydrogen-bond acceptors (Lipinski definition) is 4. The van der Waals surface area contributed by atoms with E-state index in [1.807, 2.05) is 82.3 Å². The Bertz CT molecular complexity index is 1390. The molecule has 0 saturated heterocycles. The van der Waals surface area contributed by atoms with Crippen LogP contribution in [0.15, 0.2) is 78.9 Å². The molecule has 0 spiro atoms. The molecule has 3 rings (SSSR count). The van der Waals surface area contributed by atoms with Gasteiger partial charge >= 0.3 is 0 Å². The highest BCUT2D eigenvalue weighted by molar-refractivity contribution is 7.92. The number of halogens is 1. The van der Waals surface area contributed by atoms with Crippen molar-refractivity contribution in [3.05, 3.63) is 101 Å². The SMILES string of the molecule is Cc1cccc(CN(C(=O)CN(c2ccc(F)cc2)S(C)(=O)=O)C(Cc2ccccc2)C(=O)NC(C)(C)C)c1. The molecular weight excluding hydrogens is 517 g/mol. The van der Waals surface area contributed by atoms with Crippen molar-refractivity contribution in [1.82, 2.24) is 10.2 Å². The van der Waals surface area contributed by atoms with Gasteiger partial charge in [-0.05, 0) is 63.1 Å². The fraction of sp³-hybridized carbons (Fsp3) is 0.333. The third-order valence-electron chi connectivity index (χ3n) is 6.00. The molecule has 9 heteroatoms. The first kappa shape index (κ1) is 29.8. The number of rotatable bonds is 10. The number of amides is 2. The molecule has 0 aliphatic carbocycles. The van der Waals surface area contributed by atoms with E-state index in [1.54, 1.807) is 0 Å². The van der Waals surface area contributed by atoms with Gasteiger partial charge in [0.25, 0.3) is 0 Å². The van der Waals surface area contributed by atoms with Crippen LogP contribution in [0.2, 0.25) is 0 Å². The maximum absolute atomic E-state index is 14.0. The van der Waals surface area contributed by atoms with Crippen molar-refractivity contribution in [2.75, 3.05) is 17.1 Å². The molecule has 3 aromatic carbocycles. The number of sulfonamides is 1. The summed E-state index contributed by atoms with van der Waals surface area (Å²) in [4.78, 5) is 29.1. The lowest BCUT2D eigenvalue weighted by molar-refractivity contribution is -0.140. The summed E-state index contributed by atoms with van der Waals surface area (Å²) in [6.07, 6.45) is 1.22. The lowest BCUT2D eigenvalue weighted by Crippen LogP contribution is -2.56. The van der Waals surface area contributed by atoms with Gasteiger partial charge in [0.15, 0.2) is 0 Å². The second-order valence-corrected chi connectivity index (χ2v) is 12.6. The average Bonchev–Trinajstić information content (AvgIpc) is 2.84. The van der Waals surface area contributed by atoms with Crippen LogP contribution in [0.5, 0.6) is 0 Å². The number of nitrogens with zero attached hydrogens (tertiary/aromatic N) is 2. The molecule has 0 aliphatic heterocycles. The van der Waals surface area contributed by atoms with Crippen LogP contribution in [-0.4, -0.2) is 49.5 Å². The van der Waals surface area contributed by atoms with E-state index >= 15 is 0 Å². The summed E-state index contributed by atoms with van der Waals surface area (Å²) in [5, 5.41) is 2.99. The highest BCUT2D eigenvalue weighted by atomic mass is 32.2. The quantitative estimate of drug-likeness (QED) is 0.402. The average molecular weight is 554 g/mol. The number of nitrogens with one attached hydrogen (secondary N) is 1. The number of benzene rings is 3. The van der Waals surface area contributed by atoms with Gasteiger partial charge < -0.3 is 10.2 Å². The normalized spacial score (nSPS) is 12.5. The molecule has 1 unspecified atom stereocenters. The molecule has 0 heterocycles. The number of aryl methyl sites for hydroxylation is 1. The minimum Gasteiger partial charge on any atom is -0.350 e. The van der Waals surface area contributed by atoms with Crippen molar-refractivity contribution in [2.24, 2.45) is 0 Å². The van der Waals surface area contributed by atoms with E-state index in [0.29, 0.717) is 0 Å². The number of anilines is 1. The largest absolute Gasteiger partial charge is 0.350 e. The third kappa shape index (κ3) is 8.92. The maximum Gasteiger partial charge on any atom is 0.244 e. The van der Waals surface area contributed by atoms with Gasteiger partial charge in [-0.2, -0.15) is 0 Å². The zero-order valence-electron chi connectivity index (χ0n) is 23.0. The Kier molecular flexibility index (Phi) is 9.50.